The summed E-state index contributed by atoms with van der Waals surface area (Å²) in [7, 11) is 5.46. The lowest BCUT2D eigenvalue weighted by Crippen LogP contribution is -2.58. The second-order valence-corrected chi connectivity index (χ2v) is 11.6. The molecule has 3 heterocycles. The van der Waals surface area contributed by atoms with Gasteiger partial charge in [-0.15, -0.1) is 0 Å². The molecule has 3 aromatic rings. The number of methoxy groups -OCH3 is 2. The summed E-state index contributed by atoms with van der Waals surface area (Å²) in [6.45, 7) is 1.66. The predicted octanol–water partition coefficient (Wildman–Crippen LogP) is 3.75. The van der Waals surface area contributed by atoms with Gasteiger partial charge in [-0.25, -0.2) is 4.79 Å². The number of nitrogens with zero attached hydrogens (tertiary/aromatic N) is 3. The van der Waals surface area contributed by atoms with Crippen molar-refractivity contribution in [1.82, 2.24) is 9.13 Å². The molecular weight excluding hydrogens is 619 g/mol. The molecule has 1 spiro atoms. The number of allylic oxidation sites excluding steroid dienone is 1. The number of aromatic nitrogens is 2. The zero-order valence-corrected chi connectivity index (χ0v) is 25.5. The summed E-state index contributed by atoms with van der Waals surface area (Å²) in [4.78, 5) is 67.0. The van der Waals surface area contributed by atoms with Crippen molar-refractivity contribution < 1.29 is 28.7 Å². The number of carbonyl (C=O) groups excluding carboxylic acids is 2. The molecule has 3 aliphatic rings. The number of nitrogens with one attached hydrogen (secondary N) is 1. The van der Waals surface area contributed by atoms with Crippen molar-refractivity contribution in [1.29, 1.82) is 0 Å². The number of rotatable bonds is 4. The van der Waals surface area contributed by atoms with E-state index in [9.17, 15) is 29.3 Å². The number of benzene rings is 2. The number of ketones is 2. The number of nitro groups is 1. The van der Waals surface area contributed by atoms with Crippen LogP contribution in [-0.2, 0) is 18.9 Å². The van der Waals surface area contributed by atoms with E-state index in [1.807, 2.05) is 0 Å². The van der Waals surface area contributed by atoms with Crippen LogP contribution in [0.4, 0.5) is 11.5 Å². The number of Topliss-reactive ketones (excluding diaryl/α,β-unsaturated/α-hetero) is 2. The topological polar surface area (TPSA) is 161 Å². The molecule has 0 radical (unpaired) electrons. The van der Waals surface area contributed by atoms with Crippen LogP contribution in [0, 0.1) is 16.0 Å². The molecule has 0 saturated heterocycles. The Morgan fingerprint density at radius 1 is 1.05 bits per heavy atom. The van der Waals surface area contributed by atoms with Gasteiger partial charge in [0.25, 0.3) is 11.2 Å². The number of hydrogen-bond donors (Lipinski definition) is 1. The first-order chi connectivity index (χ1) is 20.8. The lowest BCUT2D eigenvalue weighted by Gasteiger charge is -2.42. The van der Waals surface area contributed by atoms with Crippen molar-refractivity contribution in [3.05, 3.63) is 93.2 Å². The lowest BCUT2D eigenvalue weighted by atomic mass is 9.66. The molecule has 15 heteroatoms. The maximum absolute atomic E-state index is 14.9. The Balaban J connectivity index is 1.64. The van der Waals surface area contributed by atoms with Gasteiger partial charge in [-0.2, -0.15) is 0 Å². The fourth-order valence-corrected chi connectivity index (χ4v) is 6.82. The predicted molar refractivity (Wildman–Crippen MR) is 159 cm³/mol. The summed E-state index contributed by atoms with van der Waals surface area (Å²) in [5.41, 5.74) is -3.52. The molecule has 0 fully saturated rings. The van der Waals surface area contributed by atoms with Gasteiger partial charge < -0.3 is 19.5 Å². The van der Waals surface area contributed by atoms with E-state index in [1.54, 1.807) is 6.92 Å². The monoisotopic (exact) mass is 642 g/mol. The van der Waals surface area contributed by atoms with Crippen molar-refractivity contribution in [2.24, 2.45) is 20.0 Å². The molecule has 44 heavy (non-hydrogen) atoms. The summed E-state index contributed by atoms with van der Waals surface area (Å²) in [5, 5.41) is 14.8. The number of hydrogen-bond acceptors (Lipinski definition) is 10. The summed E-state index contributed by atoms with van der Waals surface area (Å²) in [6.07, 6.45) is 0.0624. The van der Waals surface area contributed by atoms with E-state index < -0.39 is 50.9 Å². The van der Waals surface area contributed by atoms with Crippen molar-refractivity contribution in [3.63, 3.8) is 0 Å². The van der Waals surface area contributed by atoms with E-state index in [1.165, 1.54) is 57.1 Å². The zero-order chi connectivity index (χ0) is 32.0. The molecule has 2 aliphatic heterocycles. The van der Waals surface area contributed by atoms with Crippen LogP contribution in [0.2, 0.25) is 10.0 Å². The lowest BCUT2D eigenvalue weighted by molar-refractivity contribution is -0.384. The average Bonchev–Trinajstić information content (AvgIpc) is 3.31. The van der Waals surface area contributed by atoms with Crippen LogP contribution in [0.25, 0.3) is 0 Å². The van der Waals surface area contributed by atoms with Gasteiger partial charge in [0.15, 0.2) is 5.75 Å². The minimum absolute atomic E-state index is 0.0221. The van der Waals surface area contributed by atoms with E-state index in [-0.39, 0.29) is 61.8 Å². The molecule has 13 nitrogen and oxygen atoms in total. The summed E-state index contributed by atoms with van der Waals surface area (Å²) >= 11 is 12.7. The highest BCUT2D eigenvalue weighted by Gasteiger charge is 2.63. The van der Waals surface area contributed by atoms with Crippen LogP contribution in [0.3, 0.4) is 0 Å². The third-order valence-electron chi connectivity index (χ3n) is 8.58. The van der Waals surface area contributed by atoms with Crippen LogP contribution < -0.4 is 30.8 Å². The molecule has 1 aromatic heterocycles. The highest BCUT2D eigenvalue weighted by Crippen LogP contribution is 2.56. The van der Waals surface area contributed by atoms with Crippen molar-refractivity contribution in [2.45, 2.75) is 24.9 Å². The maximum Gasteiger partial charge on any atom is 0.332 e. The van der Waals surface area contributed by atoms with E-state index in [0.717, 1.165) is 4.57 Å². The van der Waals surface area contributed by atoms with E-state index in [2.05, 4.69) is 5.32 Å². The first kappa shape index (κ1) is 29.5. The second-order valence-electron chi connectivity index (χ2n) is 10.8. The Morgan fingerprint density at radius 2 is 1.73 bits per heavy atom. The van der Waals surface area contributed by atoms with Gasteiger partial charge in [0.2, 0.25) is 17.2 Å². The summed E-state index contributed by atoms with van der Waals surface area (Å²) in [6, 6.07) is 5.34. The third kappa shape index (κ3) is 3.72. The first-order valence-electron chi connectivity index (χ1n) is 13.3. The highest BCUT2D eigenvalue weighted by atomic mass is 35.5. The van der Waals surface area contributed by atoms with Gasteiger partial charge in [0.1, 0.15) is 32.9 Å². The quantitative estimate of drug-likeness (QED) is 0.252. The van der Waals surface area contributed by atoms with Crippen LogP contribution >= 0.6 is 23.2 Å². The van der Waals surface area contributed by atoms with Crippen LogP contribution in [0.5, 0.6) is 17.2 Å². The largest absolute Gasteiger partial charge is 0.496 e. The number of halogens is 2. The average molecular weight is 643 g/mol. The Bertz CT molecular complexity index is 2010. The molecule has 3 unspecified atom stereocenters. The fraction of sp³-hybridized carbons (Fsp3) is 0.310. The standard InChI is InChI=1S/C29H24Cl2N4O9/c1-11-8-14-19(24(36)29(11)25(37)20-16(42-4)10-17(43-5)22(31)23(20)44-29)18(12-6-7-13(30)15(9-12)35(40)41)21-26(32-14)33(2)28(39)34(3)27(21)38/h6-7,9-11,18,32H,8H2,1-5H3. The zero-order valence-electron chi connectivity index (χ0n) is 23.9. The molecule has 1 aliphatic carbocycles. The Kier molecular flexibility index (Phi) is 6.67. The Labute approximate surface area is 258 Å². The number of ether oxygens (including phenoxy) is 3. The number of carbonyl (C=O) groups is 2. The molecule has 1 N–H and O–H groups in total. The molecule has 3 atom stereocenters. The molecule has 6 rings (SSSR count). The Morgan fingerprint density at radius 3 is 2.36 bits per heavy atom. The third-order valence-corrected chi connectivity index (χ3v) is 9.25. The summed E-state index contributed by atoms with van der Waals surface area (Å²) < 4.78 is 19.1. The van der Waals surface area contributed by atoms with Gasteiger partial charge in [0, 0.05) is 49.3 Å². The molecule has 228 valence electrons. The SMILES string of the molecule is COc1cc(OC)c2c(c1Cl)OC1(C(=O)C3=C(CC1C)Nc1c(c(=O)n(C)c(=O)n1C)C3c1ccc(Cl)c([N+](=O)[O-])c1)C2=O. The highest BCUT2D eigenvalue weighted by molar-refractivity contribution is 6.36. The molecule has 0 bridgehead atoms. The second kappa shape index (κ2) is 9.96. The number of fused-ring (bicyclic) bond motifs is 2. The molecule has 2 aromatic carbocycles. The van der Waals surface area contributed by atoms with Gasteiger partial charge in [-0.1, -0.05) is 36.2 Å². The molecular formula is C29H24Cl2N4O9. The van der Waals surface area contributed by atoms with E-state index in [0.29, 0.717) is 5.70 Å². The minimum atomic E-state index is -2.12. The maximum atomic E-state index is 14.9. The number of nitro benzene ring substituents is 1. The van der Waals surface area contributed by atoms with Crippen molar-refractivity contribution in [3.8, 4) is 17.2 Å². The van der Waals surface area contributed by atoms with Gasteiger partial charge in [-0.3, -0.25) is 33.6 Å². The fourth-order valence-electron chi connectivity index (χ4n) is 6.37. The van der Waals surface area contributed by atoms with Crippen molar-refractivity contribution in [2.75, 3.05) is 19.5 Å². The normalized spacial score (nSPS) is 21.8. The van der Waals surface area contributed by atoms with E-state index in [4.69, 9.17) is 37.4 Å². The van der Waals surface area contributed by atoms with Gasteiger partial charge in [0.05, 0.1) is 24.7 Å². The van der Waals surface area contributed by atoms with Crippen LogP contribution in [0.15, 0.2) is 45.1 Å². The Hall–Kier alpha value is -4.62. The minimum Gasteiger partial charge on any atom is -0.496 e. The van der Waals surface area contributed by atoms with E-state index >= 15 is 0 Å². The smallest absolute Gasteiger partial charge is 0.332 e. The first-order valence-corrected chi connectivity index (χ1v) is 14.0. The van der Waals surface area contributed by atoms with Crippen LogP contribution in [0.1, 0.15) is 40.7 Å². The number of anilines is 1. The van der Waals surface area contributed by atoms with Crippen LogP contribution in [-0.4, -0.2) is 45.4 Å². The molecule has 0 saturated carbocycles. The van der Waals surface area contributed by atoms with Crippen molar-refractivity contribution >= 4 is 46.3 Å². The molecule has 0 amide bonds. The van der Waals surface area contributed by atoms with Gasteiger partial charge >= 0.3 is 5.69 Å². The summed E-state index contributed by atoms with van der Waals surface area (Å²) in [5.74, 6) is -3.22. The van der Waals surface area contributed by atoms with Gasteiger partial charge in [-0.05, 0) is 18.1 Å².